The highest BCUT2D eigenvalue weighted by molar-refractivity contribution is 4.87. The van der Waals surface area contributed by atoms with Gasteiger partial charge in [0.1, 0.15) is 0 Å². The first-order valence-corrected chi connectivity index (χ1v) is 5.52. The fourth-order valence-electron chi connectivity index (χ4n) is 2.02. The minimum atomic E-state index is 0.237. The second-order valence-electron chi connectivity index (χ2n) is 5.28. The molecular formula is C11H25N3. The molecule has 0 aromatic heterocycles. The molecule has 1 rings (SSSR count). The maximum absolute atomic E-state index is 3.36. The van der Waals surface area contributed by atoms with Crippen molar-refractivity contribution >= 4 is 0 Å². The molecule has 1 aliphatic heterocycles. The first-order chi connectivity index (χ1) is 6.44. The highest BCUT2D eigenvalue weighted by Gasteiger charge is 2.27. The van der Waals surface area contributed by atoms with Gasteiger partial charge in [0.05, 0.1) is 0 Å². The second-order valence-corrected chi connectivity index (χ2v) is 5.28. The molecular weight excluding hydrogens is 174 g/mol. The molecule has 0 saturated carbocycles. The molecule has 0 spiro atoms. The van der Waals surface area contributed by atoms with Gasteiger partial charge in [-0.3, -0.25) is 4.90 Å². The summed E-state index contributed by atoms with van der Waals surface area (Å²) >= 11 is 0. The molecule has 1 atom stereocenters. The number of nitrogens with zero attached hydrogens (tertiary/aromatic N) is 2. The Labute approximate surface area is 88.5 Å². The van der Waals surface area contributed by atoms with Crippen molar-refractivity contribution in [1.29, 1.82) is 0 Å². The Bertz CT molecular complexity index is 177. The van der Waals surface area contributed by atoms with Crippen LogP contribution in [0.5, 0.6) is 0 Å². The van der Waals surface area contributed by atoms with Gasteiger partial charge >= 0.3 is 0 Å². The predicted molar refractivity (Wildman–Crippen MR) is 61.7 cm³/mol. The molecule has 84 valence electrons. The van der Waals surface area contributed by atoms with Crippen LogP contribution in [0.25, 0.3) is 0 Å². The summed E-state index contributed by atoms with van der Waals surface area (Å²) in [6, 6.07) is 0.752. The van der Waals surface area contributed by atoms with E-state index in [4.69, 9.17) is 0 Å². The van der Waals surface area contributed by atoms with Crippen LogP contribution in [-0.2, 0) is 0 Å². The zero-order valence-electron chi connectivity index (χ0n) is 10.3. The van der Waals surface area contributed by atoms with Crippen LogP contribution in [0.15, 0.2) is 0 Å². The lowest BCUT2D eigenvalue weighted by molar-refractivity contribution is 0.222. The SMILES string of the molecule is CNC(C)(C)CN1CCC(N(C)C)C1. The third-order valence-corrected chi connectivity index (χ3v) is 3.27. The molecule has 3 heteroatoms. The van der Waals surface area contributed by atoms with Gasteiger partial charge in [0.25, 0.3) is 0 Å². The monoisotopic (exact) mass is 199 g/mol. The van der Waals surface area contributed by atoms with Gasteiger partial charge in [-0.2, -0.15) is 0 Å². The highest BCUT2D eigenvalue weighted by Crippen LogP contribution is 2.15. The van der Waals surface area contributed by atoms with Crippen molar-refractivity contribution in [2.45, 2.75) is 31.8 Å². The highest BCUT2D eigenvalue weighted by atomic mass is 15.2. The van der Waals surface area contributed by atoms with E-state index in [1.165, 1.54) is 19.5 Å². The lowest BCUT2D eigenvalue weighted by Gasteiger charge is -2.30. The predicted octanol–water partition coefficient (Wildman–Crippen LogP) is 0.620. The van der Waals surface area contributed by atoms with Crippen molar-refractivity contribution in [1.82, 2.24) is 15.1 Å². The standard InChI is InChI=1S/C11H25N3/c1-11(2,12-3)9-14-7-6-10(8-14)13(4)5/h10,12H,6-9H2,1-5H3. The molecule has 1 aliphatic rings. The van der Waals surface area contributed by atoms with E-state index in [0.29, 0.717) is 0 Å². The smallest absolute Gasteiger partial charge is 0.0249 e. The minimum Gasteiger partial charge on any atom is -0.314 e. The van der Waals surface area contributed by atoms with Crippen LogP contribution in [0.2, 0.25) is 0 Å². The number of hydrogen-bond acceptors (Lipinski definition) is 3. The van der Waals surface area contributed by atoms with E-state index in [1.807, 2.05) is 7.05 Å². The van der Waals surface area contributed by atoms with Gasteiger partial charge in [0.15, 0.2) is 0 Å². The summed E-state index contributed by atoms with van der Waals surface area (Å²) in [6.07, 6.45) is 1.31. The van der Waals surface area contributed by atoms with Crippen molar-refractivity contribution in [3.8, 4) is 0 Å². The van der Waals surface area contributed by atoms with E-state index < -0.39 is 0 Å². The van der Waals surface area contributed by atoms with E-state index in [-0.39, 0.29) is 5.54 Å². The number of likely N-dealkylation sites (N-methyl/N-ethyl adjacent to an activating group) is 2. The van der Waals surface area contributed by atoms with Crippen molar-refractivity contribution in [3.63, 3.8) is 0 Å². The maximum atomic E-state index is 3.36. The van der Waals surface area contributed by atoms with Crippen LogP contribution < -0.4 is 5.32 Å². The largest absolute Gasteiger partial charge is 0.314 e. The summed E-state index contributed by atoms with van der Waals surface area (Å²) in [5, 5.41) is 3.36. The molecule has 1 unspecified atom stereocenters. The van der Waals surface area contributed by atoms with Crippen LogP contribution in [-0.4, -0.2) is 62.2 Å². The summed E-state index contributed by atoms with van der Waals surface area (Å²) in [4.78, 5) is 4.90. The van der Waals surface area contributed by atoms with E-state index >= 15 is 0 Å². The quantitative estimate of drug-likeness (QED) is 0.716. The van der Waals surface area contributed by atoms with Gasteiger partial charge in [-0.15, -0.1) is 0 Å². The molecule has 0 aromatic carbocycles. The zero-order valence-corrected chi connectivity index (χ0v) is 10.3. The van der Waals surface area contributed by atoms with Crippen LogP contribution in [0.1, 0.15) is 20.3 Å². The summed E-state index contributed by atoms with van der Waals surface area (Å²) in [5.41, 5.74) is 0.237. The topological polar surface area (TPSA) is 18.5 Å². The molecule has 0 aliphatic carbocycles. The number of hydrogen-bond donors (Lipinski definition) is 1. The number of likely N-dealkylation sites (tertiary alicyclic amines) is 1. The first-order valence-electron chi connectivity index (χ1n) is 5.52. The average molecular weight is 199 g/mol. The van der Waals surface area contributed by atoms with Crippen molar-refractivity contribution < 1.29 is 0 Å². The second kappa shape index (κ2) is 4.60. The fraction of sp³-hybridized carbons (Fsp3) is 1.00. The summed E-state index contributed by atoms with van der Waals surface area (Å²) in [6.45, 7) is 8.13. The lowest BCUT2D eigenvalue weighted by atomic mass is 10.1. The van der Waals surface area contributed by atoms with Crippen LogP contribution in [0, 0.1) is 0 Å². The molecule has 14 heavy (non-hydrogen) atoms. The Morgan fingerprint density at radius 3 is 2.50 bits per heavy atom. The van der Waals surface area contributed by atoms with Gasteiger partial charge < -0.3 is 10.2 Å². The fourth-order valence-corrected chi connectivity index (χ4v) is 2.02. The summed E-state index contributed by atoms with van der Waals surface area (Å²) in [5.74, 6) is 0. The van der Waals surface area contributed by atoms with Crippen molar-refractivity contribution in [3.05, 3.63) is 0 Å². The normalized spacial score (nSPS) is 24.9. The summed E-state index contributed by atoms with van der Waals surface area (Å²) < 4.78 is 0. The Morgan fingerprint density at radius 2 is 2.07 bits per heavy atom. The van der Waals surface area contributed by atoms with Crippen molar-refractivity contribution in [2.75, 3.05) is 40.8 Å². The van der Waals surface area contributed by atoms with Gasteiger partial charge in [0, 0.05) is 24.7 Å². The van der Waals surface area contributed by atoms with Gasteiger partial charge in [-0.25, -0.2) is 0 Å². The van der Waals surface area contributed by atoms with Crippen LogP contribution in [0.4, 0.5) is 0 Å². The van der Waals surface area contributed by atoms with Gasteiger partial charge in [0.2, 0.25) is 0 Å². The number of rotatable bonds is 4. The minimum absolute atomic E-state index is 0.237. The molecule has 0 aromatic rings. The van der Waals surface area contributed by atoms with Crippen LogP contribution >= 0.6 is 0 Å². The third-order valence-electron chi connectivity index (χ3n) is 3.27. The molecule has 3 nitrogen and oxygen atoms in total. The molecule has 1 fully saturated rings. The Morgan fingerprint density at radius 1 is 1.43 bits per heavy atom. The van der Waals surface area contributed by atoms with Gasteiger partial charge in [-0.05, 0) is 48.0 Å². The Balaban J connectivity index is 2.36. The van der Waals surface area contributed by atoms with Gasteiger partial charge in [-0.1, -0.05) is 0 Å². The van der Waals surface area contributed by atoms with E-state index in [1.54, 1.807) is 0 Å². The summed E-state index contributed by atoms with van der Waals surface area (Å²) in [7, 11) is 6.40. The molecule has 0 radical (unpaired) electrons. The van der Waals surface area contributed by atoms with E-state index in [2.05, 4.69) is 43.1 Å². The third kappa shape index (κ3) is 3.23. The molecule has 1 heterocycles. The van der Waals surface area contributed by atoms with E-state index in [9.17, 15) is 0 Å². The van der Waals surface area contributed by atoms with Crippen LogP contribution in [0.3, 0.4) is 0 Å². The average Bonchev–Trinajstić information content (AvgIpc) is 2.52. The molecule has 0 bridgehead atoms. The van der Waals surface area contributed by atoms with Crippen molar-refractivity contribution in [2.24, 2.45) is 0 Å². The first kappa shape index (κ1) is 12.0. The Kier molecular flexibility index (Phi) is 3.93. The van der Waals surface area contributed by atoms with E-state index in [0.717, 1.165) is 12.6 Å². The molecule has 0 amide bonds. The maximum Gasteiger partial charge on any atom is 0.0249 e. The molecule has 1 N–H and O–H groups in total. The Hall–Kier alpha value is -0.120. The number of nitrogens with one attached hydrogen (secondary N) is 1. The zero-order chi connectivity index (χ0) is 10.8. The molecule has 1 saturated heterocycles. The lowest BCUT2D eigenvalue weighted by Crippen LogP contribution is -2.47.